The number of methoxy groups -OCH3 is 1. The van der Waals surface area contributed by atoms with Crippen molar-refractivity contribution < 1.29 is 14.3 Å². The molecule has 0 aliphatic rings. The van der Waals surface area contributed by atoms with Crippen LogP contribution in [0.25, 0.3) is 0 Å². The lowest BCUT2D eigenvalue weighted by Gasteiger charge is -2.16. The van der Waals surface area contributed by atoms with Crippen molar-refractivity contribution in [2.45, 2.75) is 26.7 Å². The number of benzene rings is 1. The molecule has 0 aliphatic heterocycles. The second-order valence-electron chi connectivity index (χ2n) is 4.72. The van der Waals surface area contributed by atoms with Crippen LogP contribution in [-0.2, 0) is 20.7 Å². The molecule has 0 aromatic heterocycles. The van der Waals surface area contributed by atoms with E-state index in [9.17, 15) is 9.59 Å². The third-order valence-corrected chi connectivity index (χ3v) is 2.94. The highest BCUT2D eigenvalue weighted by molar-refractivity contribution is 5.86. The zero-order chi connectivity index (χ0) is 13.5. The van der Waals surface area contributed by atoms with Gasteiger partial charge in [0, 0.05) is 11.8 Å². The molecule has 98 valence electrons. The number of ketones is 1. The lowest BCUT2D eigenvalue weighted by molar-refractivity contribution is -0.144. The third-order valence-electron chi connectivity index (χ3n) is 2.94. The maximum Gasteiger partial charge on any atom is 0.306 e. The molecule has 0 saturated carbocycles. The minimum Gasteiger partial charge on any atom is -0.469 e. The molecule has 0 heterocycles. The van der Waals surface area contributed by atoms with Crippen molar-refractivity contribution in [2.75, 3.05) is 7.11 Å². The Labute approximate surface area is 108 Å². The van der Waals surface area contributed by atoms with Gasteiger partial charge < -0.3 is 4.74 Å². The fraction of sp³-hybridized carbons (Fsp3) is 0.467. The summed E-state index contributed by atoms with van der Waals surface area (Å²) in [5.41, 5.74) is 1.07. The first-order valence-electron chi connectivity index (χ1n) is 6.19. The highest BCUT2D eigenvalue weighted by atomic mass is 16.5. The van der Waals surface area contributed by atoms with Gasteiger partial charge in [0.2, 0.25) is 0 Å². The first-order chi connectivity index (χ1) is 8.54. The maximum atomic E-state index is 12.1. The maximum absolute atomic E-state index is 12.1. The normalized spacial score (nSPS) is 12.2. The van der Waals surface area contributed by atoms with E-state index in [2.05, 4.69) is 4.74 Å². The monoisotopic (exact) mass is 248 g/mol. The van der Waals surface area contributed by atoms with E-state index in [-0.39, 0.29) is 30.0 Å². The second kappa shape index (κ2) is 6.94. The largest absolute Gasteiger partial charge is 0.469 e. The topological polar surface area (TPSA) is 43.4 Å². The molecule has 0 fully saturated rings. The third kappa shape index (κ3) is 4.32. The van der Waals surface area contributed by atoms with Gasteiger partial charge in [-0.05, 0) is 12.0 Å². The fourth-order valence-corrected chi connectivity index (χ4v) is 1.93. The van der Waals surface area contributed by atoms with E-state index in [0.717, 1.165) is 5.56 Å². The van der Waals surface area contributed by atoms with Crippen LogP contribution in [-0.4, -0.2) is 18.9 Å². The van der Waals surface area contributed by atoms with Crippen molar-refractivity contribution in [1.29, 1.82) is 0 Å². The van der Waals surface area contributed by atoms with Crippen LogP contribution in [0.1, 0.15) is 25.8 Å². The number of ether oxygens (including phenoxy) is 1. The van der Waals surface area contributed by atoms with Crippen LogP contribution in [0, 0.1) is 11.8 Å². The average Bonchev–Trinajstić information content (AvgIpc) is 2.38. The van der Waals surface area contributed by atoms with Gasteiger partial charge in [-0.3, -0.25) is 9.59 Å². The zero-order valence-electron chi connectivity index (χ0n) is 11.2. The van der Waals surface area contributed by atoms with Crippen LogP contribution in [0.2, 0.25) is 0 Å². The fourth-order valence-electron chi connectivity index (χ4n) is 1.93. The zero-order valence-corrected chi connectivity index (χ0v) is 11.2. The molecule has 0 radical (unpaired) electrons. The number of carbonyl (C=O) groups excluding carboxylic acids is 2. The molecular weight excluding hydrogens is 228 g/mol. The molecule has 1 rings (SSSR count). The summed E-state index contributed by atoms with van der Waals surface area (Å²) in [5.74, 6) is -0.572. The summed E-state index contributed by atoms with van der Waals surface area (Å²) >= 11 is 0. The van der Waals surface area contributed by atoms with Crippen molar-refractivity contribution in [1.82, 2.24) is 0 Å². The van der Waals surface area contributed by atoms with E-state index >= 15 is 0 Å². The molecule has 0 aliphatic carbocycles. The van der Waals surface area contributed by atoms with E-state index in [0.29, 0.717) is 6.42 Å². The van der Waals surface area contributed by atoms with E-state index in [1.165, 1.54) is 7.11 Å². The number of esters is 1. The predicted molar refractivity (Wildman–Crippen MR) is 70.1 cm³/mol. The quantitative estimate of drug-likeness (QED) is 0.727. The Kier molecular flexibility index (Phi) is 5.56. The SMILES string of the molecule is COC(=O)CC(Cc1ccccc1)C(=O)C(C)C. The van der Waals surface area contributed by atoms with Crippen LogP contribution in [0.3, 0.4) is 0 Å². The lowest BCUT2D eigenvalue weighted by Crippen LogP contribution is -2.25. The van der Waals surface area contributed by atoms with E-state index in [4.69, 9.17) is 0 Å². The Morgan fingerprint density at radius 3 is 2.28 bits per heavy atom. The van der Waals surface area contributed by atoms with Crippen molar-refractivity contribution in [3.8, 4) is 0 Å². The van der Waals surface area contributed by atoms with Gasteiger partial charge in [0.25, 0.3) is 0 Å². The molecule has 0 amide bonds. The van der Waals surface area contributed by atoms with Gasteiger partial charge in [0.1, 0.15) is 5.78 Å². The second-order valence-corrected chi connectivity index (χ2v) is 4.72. The van der Waals surface area contributed by atoms with Crippen molar-refractivity contribution >= 4 is 11.8 Å². The molecule has 0 saturated heterocycles. The molecule has 3 heteroatoms. The molecule has 1 unspecified atom stereocenters. The Hall–Kier alpha value is -1.64. The summed E-state index contributed by atoms with van der Waals surface area (Å²) in [6, 6.07) is 9.74. The van der Waals surface area contributed by atoms with Crippen molar-refractivity contribution in [2.24, 2.45) is 11.8 Å². The minimum absolute atomic E-state index is 0.0663. The van der Waals surface area contributed by atoms with Crippen LogP contribution in [0.4, 0.5) is 0 Å². The number of carbonyl (C=O) groups is 2. The Morgan fingerprint density at radius 1 is 1.17 bits per heavy atom. The van der Waals surface area contributed by atoms with Crippen LogP contribution in [0.5, 0.6) is 0 Å². The number of hydrogen-bond donors (Lipinski definition) is 0. The molecule has 1 aromatic carbocycles. The molecule has 1 atom stereocenters. The van der Waals surface area contributed by atoms with Gasteiger partial charge in [0.15, 0.2) is 0 Å². The van der Waals surface area contributed by atoms with Gasteiger partial charge in [-0.25, -0.2) is 0 Å². The van der Waals surface area contributed by atoms with Crippen molar-refractivity contribution in [3.05, 3.63) is 35.9 Å². The van der Waals surface area contributed by atoms with Gasteiger partial charge in [-0.2, -0.15) is 0 Å². The van der Waals surface area contributed by atoms with Gasteiger partial charge in [0.05, 0.1) is 13.5 Å². The Bertz CT molecular complexity index is 395. The summed E-state index contributed by atoms with van der Waals surface area (Å²) < 4.78 is 4.66. The molecule has 3 nitrogen and oxygen atoms in total. The first-order valence-corrected chi connectivity index (χ1v) is 6.19. The molecule has 0 N–H and O–H groups in total. The average molecular weight is 248 g/mol. The highest BCUT2D eigenvalue weighted by Crippen LogP contribution is 2.18. The Balaban J connectivity index is 2.77. The Morgan fingerprint density at radius 2 is 1.78 bits per heavy atom. The molecule has 0 spiro atoms. The number of hydrogen-bond acceptors (Lipinski definition) is 3. The summed E-state index contributed by atoms with van der Waals surface area (Å²) in [6.45, 7) is 3.72. The van der Waals surface area contributed by atoms with Crippen LogP contribution < -0.4 is 0 Å². The first kappa shape index (κ1) is 14.4. The smallest absolute Gasteiger partial charge is 0.306 e. The van der Waals surface area contributed by atoms with Crippen LogP contribution in [0.15, 0.2) is 30.3 Å². The summed E-state index contributed by atoms with van der Waals surface area (Å²) in [7, 11) is 1.35. The lowest BCUT2D eigenvalue weighted by atomic mass is 9.87. The summed E-state index contributed by atoms with van der Waals surface area (Å²) in [6.07, 6.45) is 0.745. The molecular formula is C15H20O3. The van der Waals surface area contributed by atoms with Crippen LogP contribution >= 0.6 is 0 Å². The molecule has 18 heavy (non-hydrogen) atoms. The highest BCUT2D eigenvalue weighted by Gasteiger charge is 2.24. The molecule has 0 bridgehead atoms. The van der Waals surface area contributed by atoms with Gasteiger partial charge in [-0.1, -0.05) is 44.2 Å². The van der Waals surface area contributed by atoms with Gasteiger partial charge >= 0.3 is 5.97 Å². The minimum atomic E-state index is -0.329. The van der Waals surface area contributed by atoms with Crippen molar-refractivity contribution in [3.63, 3.8) is 0 Å². The number of rotatable bonds is 6. The number of Topliss-reactive ketones (excluding diaryl/α,β-unsaturated/α-hetero) is 1. The summed E-state index contributed by atoms with van der Waals surface area (Å²) in [4.78, 5) is 23.5. The standard InChI is InChI=1S/C15H20O3/c1-11(2)15(17)13(10-14(16)18-3)9-12-7-5-4-6-8-12/h4-8,11,13H,9-10H2,1-3H3. The van der Waals surface area contributed by atoms with E-state index in [1.54, 1.807) is 0 Å². The van der Waals surface area contributed by atoms with E-state index in [1.807, 2.05) is 44.2 Å². The van der Waals surface area contributed by atoms with Gasteiger partial charge in [-0.15, -0.1) is 0 Å². The summed E-state index contributed by atoms with van der Waals surface area (Å²) in [5, 5.41) is 0. The molecule has 1 aromatic rings. The van der Waals surface area contributed by atoms with E-state index < -0.39 is 0 Å². The predicted octanol–water partition coefficient (Wildman–Crippen LogP) is 2.63.